The van der Waals surface area contributed by atoms with Crippen LogP contribution in [0.1, 0.15) is 19.3 Å². The molecular weight excluding hydrogens is 240 g/mol. The lowest BCUT2D eigenvalue weighted by molar-refractivity contribution is -0.128. The van der Waals surface area contributed by atoms with Crippen molar-refractivity contribution in [2.75, 3.05) is 20.7 Å². The van der Waals surface area contributed by atoms with Crippen molar-refractivity contribution in [1.82, 2.24) is 9.80 Å². The van der Waals surface area contributed by atoms with E-state index in [1.165, 1.54) is 19.0 Å². The van der Waals surface area contributed by atoms with Crippen molar-refractivity contribution in [3.05, 3.63) is 0 Å². The minimum Gasteiger partial charge on any atom is -0.394 e. The minimum absolute atomic E-state index is 0.314. The molecule has 7 nitrogen and oxygen atoms in total. The van der Waals surface area contributed by atoms with E-state index in [1.54, 1.807) is 0 Å². The Bertz CT molecular complexity index is 311. The number of hydrogen-bond acceptors (Lipinski definition) is 5. The van der Waals surface area contributed by atoms with Crippen LogP contribution >= 0.6 is 0 Å². The molecule has 1 aliphatic rings. The van der Waals surface area contributed by atoms with Gasteiger partial charge >= 0.3 is 6.03 Å². The number of unbranched alkanes of at least 4 members (excludes halogenated alkanes) is 2. The summed E-state index contributed by atoms with van der Waals surface area (Å²) in [6.45, 7) is -0.314. The molecule has 1 rings (SSSR count). The monoisotopic (exact) mass is 258 g/mol. The fourth-order valence-corrected chi connectivity index (χ4v) is 1.34. The van der Waals surface area contributed by atoms with Gasteiger partial charge in [-0.25, -0.2) is 4.79 Å². The largest absolute Gasteiger partial charge is 0.394 e. The Morgan fingerprint density at radius 3 is 1.89 bits per heavy atom. The number of rotatable bonds is 5. The fraction of sp³-hybridized carbons (Fsp3) is 0.636. The number of imide groups is 1. The maximum absolute atomic E-state index is 11.1. The Kier molecular flexibility index (Phi) is 7.53. The van der Waals surface area contributed by atoms with Crippen LogP contribution in [0.2, 0.25) is 0 Å². The summed E-state index contributed by atoms with van der Waals surface area (Å²) >= 11 is 0. The molecule has 1 fully saturated rings. The van der Waals surface area contributed by atoms with E-state index in [-0.39, 0.29) is 18.5 Å². The van der Waals surface area contributed by atoms with Crippen molar-refractivity contribution >= 4 is 24.5 Å². The predicted octanol–water partition coefficient (Wildman–Crippen LogP) is -0.574. The molecule has 0 saturated carbocycles. The Morgan fingerprint density at radius 2 is 1.67 bits per heavy atom. The van der Waals surface area contributed by atoms with Crippen LogP contribution < -0.4 is 0 Å². The summed E-state index contributed by atoms with van der Waals surface area (Å²) in [4.78, 5) is 43.4. The lowest BCUT2D eigenvalue weighted by atomic mass is 10.3. The number of amides is 3. The number of aliphatic hydroxyl groups is 1. The molecule has 7 heteroatoms. The first-order valence-electron chi connectivity index (χ1n) is 5.53. The molecule has 1 unspecified atom stereocenters. The van der Waals surface area contributed by atoms with Crippen LogP contribution in [0, 0.1) is 0 Å². The van der Waals surface area contributed by atoms with E-state index >= 15 is 0 Å². The van der Waals surface area contributed by atoms with Crippen molar-refractivity contribution < 1.29 is 24.3 Å². The van der Waals surface area contributed by atoms with Gasteiger partial charge in [-0.3, -0.25) is 9.69 Å². The molecule has 102 valence electrons. The molecule has 1 N–H and O–H groups in total. The van der Waals surface area contributed by atoms with Crippen molar-refractivity contribution in [2.45, 2.75) is 25.3 Å². The van der Waals surface area contributed by atoms with Gasteiger partial charge in [-0.05, 0) is 6.42 Å². The zero-order valence-corrected chi connectivity index (χ0v) is 10.5. The second-order valence-corrected chi connectivity index (χ2v) is 3.75. The number of aliphatic hydroxyl groups excluding tert-OH is 1. The van der Waals surface area contributed by atoms with E-state index in [4.69, 9.17) is 5.11 Å². The van der Waals surface area contributed by atoms with Crippen LogP contribution in [0.5, 0.6) is 0 Å². The molecule has 0 spiro atoms. The molecule has 0 aromatic heterocycles. The van der Waals surface area contributed by atoms with Gasteiger partial charge in [0.15, 0.2) is 0 Å². The summed E-state index contributed by atoms with van der Waals surface area (Å²) < 4.78 is 0. The number of nitrogens with zero attached hydrogens (tertiary/aromatic N) is 2. The Hall–Kier alpha value is -1.76. The average Bonchev–Trinajstić information content (AvgIpc) is 2.55. The van der Waals surface area contributed by atoms with Gasteiger partial charge in [-0.2, -0.15) is 0 Å². The number of carbonyl (C=O) groups excluding carboxylic acids is 4. The zero-order chi connectivity index (χ0) is 14.1. The van der Waals surface area contributed by atoms with Crippen molar-refractivity contribution in [3.8, 4) is 0 Å². The number of aldehydes is 2. The maximum atomic E-state index is 11.1. The van der Waals surface area contributed by atoms with Crippen LogP contribution in [0.25, 0.3) is 0 Å². The van der Waals surface area contributed by atoms with Gasteiger partial charge < -0.3 is 19.6 Å². The molecule has 1 saturated heterocycles. The zero-order valence-electron chi connectivity index (χ0n) is 10.5. The van der Waals surface area contributed by atoms with Crippen LogP contribution in [0.4, 0.5) is 4.79 Å². The molecule has 0 aromatic rings. The van der Waals surface area contributed by atoms with E-state index in [2.05, 4.69) is 0 Å². The lowest BCUT2D eigenvalue weighted by Gasteiger charge is -2.12. The van der Waals surface area contributed by atoms with Gasteiger partial charge in [0.05, 0.1) is 6.61 Å². The molecule has 0 aromatic carbocycles. The number of urea groups is 1. The first kappa shape index (κ1) is 16.2. The lowest BCUT2D eigenvalue weighted by Crippen LogP contribution is -2.34. The SMILES string of the molecule is CN1C(=O)C(CO)N(C)C1=O.O=CCCCC=O. The number of carbonyl (C=O) groups is 4. The third-order valence-electron chi connectivity index (χ3n) is 2.49. The molecule has 0 aliphatic carbocycles. The molecular formula is C11H18N2O5. The highest BCUT2D eigenvalue weighted by Gasteiger charge is 2.39. The standard InChI is InChI=1S/C6H10N2O3.C5H8O2/c1-7-4(3-9)5(10)8(2)6(7)11;6-4-2-1-3-5-7/h4,9H,3H2,1-2H3;4-5H,1-3H2. The molecule has 1 heterocycles. The second kappa shape index (κ2) is 8.35. The quantitative estimate of drug-likeness (QED) is 0.404. The summed E-state index contributed by atoms with van der Waals surface area (Å²) in [6, 6.07) is -1.05. The molecule has 1 aliphatic heterocycles. The normalized spacial score (nSPS) is 18.5. The van der Waals surface area contributed by atoms with Crippen molar-refractivity contribution in [3.63, 3.8) is 0 Å². The summed E-state index contributed by atoms with van der Waals surface area (Å²) in [5, 5.41) is 8.70. The van der Waals surface area contributed by atoms with Gasteiger partial charge in [0, 0.05) is 26.9 Å². The van der Waals surface area contributed by atoms with Gasteiger partial charge in [0.2, 0.25) is 0 Å². The molecule has 1 atom stereocenters. The van der Waals surface area contributed by atoms with Gasteiger partial charge in [0.25, 0.3) is 5.91 Å². The highest BCUT2D eigenvalue weighted by molar-refractivity contribution is 6.03. The first-order chi connectivity index (χ1) is 8.51. The third kappa shape index (κ3) is 4.25. The summed E-state index contributed by atoms with van der Waals surface area (Å²) in [5.41, 5.74) is 0. The average molecular weight is 258 g/mol. The van der Waals surface area contributed by atoms with Gasteiger partial charge in [-0.15, -0.1) is 0 Å². The van der Waals surface area contributed by atoms with E-state index in [1.807, 2.05) is 0 Å². The Labute approximate surface area is 105 Å². The highest BCUT2D eigenvalue weighted by atomic mass is 16.3. The topological polar surface area (TPSA) is 95.0 Å². The van der Waals surface area contributed by atoms with Crippen molar-refractivity contribution in [1.29, 1.82) is 0 Å². The van der Waals surface area contributed by atoms with E-state index < -0.39 is 6.04 Å². The third-order valence-corrected chi connectivity index (χ3v) is 2.49. The Balaban J connectivity index is 0.000000360. The smallest absolute Gasteiger partial charge is 0.326 e. The van der Waals surface area contributed by atoms with E-state index in [0.717, 1.165) is 17.5 Å². The van der Waals surface area contributed by atoms with Gasteiger partial charge in [-0.1, -0.05) is 0 Å². The summed E-state index contributed by atoms with van der Waals surface area (Å²) in [7, 11) is 2.89. The van der Waals surface area contributed by atoms with E-state index in [0.29, 0.717) is 19.3 Å². The summed E-state index contributed by atoms with van der Waals surface area (Å²) in [5.74, 6) is -0.347. The van der Waals surface area contributed by atoms with Crippen LogP contribution in [-0.4, -0.2) is 66.2 Å². The second-order valence-electron chi connectivity index (χ2n) is 3.75. The molecule has 3 amide bonds. The number of hydrogen-bond donors (Lipinski definition) is 1. The minimum atomic E-state index is -0.688. The maximum Gasteiger partial charge on any atom is 0.326 e. The number of likely N-dealkylation sites (N-methyl/N-ethyl adjacent to an activating group) is 2. The fourth-order valence-electron chi connectivity index (χ4n) is 1.34. The van der Waals surface area contributed by atoms with Crippen LogP contribution in [-0.2, 0) is 14.4 Å². The first-order valence-corrected chi connectivity index (χ1v) is 5.53. The van der Waals surface area contributed by atoms with Crippen LogP contribution in [0.15, 0.2) is 0 Å². The Morgan fingerprint density at radius 1 is 1.17 bits per heavy atom. The highest BCUT2D eigenvalue weighted by Crippen LogP contribution is 2.12. The van der Waals surface area contributed by atoms with Crippen LogP contribution in [0.3, 0.4) is 0 Å². The van der Waals surface area contributed by atoms with E-state index in [9.17, 15) is 19.2 Å². The molecule has 18 heavy (non-hydrogen) atoms. The summed E-state index contributed by atoms with van der Waals surface area (Å²) in [6.07, 6.45) is 3.37. The predicted molar refractivity (Wildman–Crippen MR) is 62.8 cm³/mol. The molecule has 0 bridgehead atoms. The van der Waals surface area contributed by atoms with Gasteiger partial charge in [0.1, 0.15) is 18.6 Å². The molecule has 0 radical (unpaired) electrons. The van der Waals surface area contributed by atoms with Crippen molar-refractivity contribution in [2.24, 2.45) is 0 Å².